The Labute approximate surface area is 147 Å². The minimum Gasteiger partial charge on any atom is -0.0649 e. The summed E-state index contributed by atoms with van der Waals surface area (Å²) in [5.74, 6) is 0.717. The van der Waals surface area contributed by atoms with E-state index in [2.05, 4.69) is 84.0 Å². The first kappa shape index (κ1) is 17.0. The summed E-state index contributed by atoms with van der Waals surface area (Å²) >= 11 is 0. The predicted octanol–water partition coefficient (Wildman–Crippen LogP) is 6.95. The molecule has 0 saturated heterocycles. The van der Waals surface area contributed by atoms with Gasteiger partial charge in [-0.25, -0.2) is 0 Å². The quantitative estimate of drug-likeness (QED) is 0.574. The molecule has 1 aliphatic carbocycles. The number of aryl methyl sites for hydroxylation is 1. The minimum absolute atomic E-state index is 0.140. The van der Waals surface area contributed by atoms with Crippen LogP contribution in [0.5, 0.6) is 0 Å². The maximum atomic E-state index is 2.48. The number of fused-ring (bicyclic) bond motifs is 1. The van der Waals surface area contributed by atoms with Crippen LogP contribution in [0.1, 0.15) is 63.3 Å². The van der Waals surface area contributed by atoms with Crippen LogP contribution in [0, 0.1) is 12.8 Å². The molecule has 1 aliphatic rings. The van der Waals surface area contributed by atoms with E-state index in [1.807, 2.05) is 0 Å². The summed E-state index contributed by atoms with van der Waals surface area (Å²) < 4.78 is 0. The van der Waals surface area contributed by atoms with Gasteiger partial charge in [-0.15, -0.1) is 0 Å². The Morgan fingerprint density at radius 2 is 1.71 bits per heavy atom. The molecule has 2 aromatic carbocycles. The first-order valence-corrected chi connectivity index (χ1v) is 9.19. The van der Waals surface area contributed by atoms with Gasteiger partial charge < -0.3 is 0 Å². The van der Waals surface area contributed by atoms with Crippen molar-refractivity contribution < 1.29 is 0 Å². The molecule has 0 aliphatic heterocycles. The topological polar surface area (TPSA) is 0 Å². The first-order valence-electron chi connectivity index (χ1n) is 9.19. The average molecular weight is 319 g/mol. The van der Waals surface area contributed by atoms with Crippen LogP contribution in [0.2, 0.25) is 0 Å². The number of allylic oxidation sites excluding steroid dienone is 1. The van der Waals surface area contributed by atoms with Gasteiger partial charge in [0, 0.05) is 0 Å². The van der Waals surface area contributed by atoms with Gasteiger partial charge in [-0.05, 0) is 64.5 Å². The lowest BCUT2D eigenvalue weighted by atomic mass is 9.78. The summed E-state index contributed by atoms with van der Waals surface area (Å²) in [5, 5.41) is 0. The van der Waals surface area contributed by atoms with Crippen molar-refractivity contribution in [1.29, 1.82) is 0 Å². The van der Waals surface area contributed by atoms with E-state index in [0.717, 1.165) is 12.3 Å². The maximum absolute atomic E-state index is 2.48. The van der Waals surface area contributed by atoms with E-state index in [9.17, 15) is 0 Å². The van der Waals surface area contributed by atoms with Crippen LogP contribution in [0.3, 0.4) is 0 Å². The second-order valence-corrected chi connectivity index (χ2v) is 8.70. The van der Waals surface area contributed by atoms with E-state index in [4.69, 9.17) is 0 Å². The highest BCUT2D eigenvalue weighted by Crippen LogP contribution is 2.42. The highest BCUT2D eigenvalue weighted by molar-refractivity contribution is 5.85. The minimum atomic E-state index is 0.140. The van der Waals surface area contributed by atoms with Crippen molar-refractivity contribution in [2.45, 2.75) is 59.8 Å². The van der Waals surface area contributed by atoms with Crippen molar-refractivity contribution in [2.24, 2.45) is 5.92 Å². The van der Waals surface area contributed by atoms with Gasteiger partial charge in [0.2, 0.25) is 0 Å². The van der Waals surface area contributed by atoms with E-state index in [1.54, 1.807) is 5.57 Å². The Morgan fingerprint density at radius 3 is 2.33 bits per heavy atom. The Morgan fingerprint density at radius 1 is 1.00 bits per heavy atom. The predicted molar refractivity (Wildman–Crippen MR) is 106 cm³/mol. The molecule has 0 radical (unpaired) electrons. The molecule has 0 aromatic heterocycles. The Hall–Kier alpha value is -1.82. The summed E-state index contributed by atoms with van der Waals surface area (Å²) in [6.07, 6.45) is 4.80. The van der Waals surface area contributed by atoms with E-state index in [-0.39, 0.29) is 5.41 Å². The molecule has 0 saturated carbocycles. The van der Waals surface area contributed by atoms with Crippen LogP contribution in [0.15, 0.2) is 42.0 Å². The molecule has 0 heterocycles. The van der Waals surface area contributed by atoms with E-state index < -0.39 is 0 Å². The molecule has 0 fully saturated rings. The zero-order chi connectivity index (χ0) is 17.5. The van der Waals surface area contributed by atoms with Crippen molar-refractivity contribution in [3.63, 3.8) is 0 Å². The molecule has 0 atom stereocenters. The van der Waals surface area contributed by atoms with Crippen molar-refractivity contribution in [1.82, 2.24) is 0 Å². The van der Waals surface area contributed by atoms with E-state index in [1.165, 1.54) is 39.8 Å². The third-order valence-corrected chi connectivity index (χ3v) is 4.99. The molecule has 0 nitrogen and oxygen atoms in total. The molecule has 0 spiro atoms. The van der Waals surface area contributed by atoms with Gasteiger partial charge in [0.05, 0.1) is 0 Å². The van der Waals surface area contributed by atoms with Crippen molar-refractivity contribution in [3.05, 3.63) is 64.2 Å². The van der Waals surface area contributed by atoms with Gasteiger partial charge in [-0.3, -0.25) is 0 Å². The van der Waals surface area contributed by atoms with Crippen molar-refractivity contribution in [2.75, 3.05) is 0 Å². The fraction of sp³-hybridized carbons (Fsp3) is 0.417. The van der Waals surface area contributed by atoms with E-state index in [0.29, 0.717) is 0 Å². The zero-order valence-electron chi connectivity index (χ0n) is 16.0. The highest BCUT2D eigenvalue weighted by atomic mass is 14.3. The Balaban J connectivity index is 2.24. The normalized spacial score (nSPS) is 14.0. The molecule has 0 amide bonds. The fourth-order valence-electron chi connectivity index (χ4n) is 3.91. The monoisotopic (exact) mass is 318 g/mol. The van der Waals surface area contributed by atoms with Crippen LogP contribution in [0.25, 0.3) is 17.2 Å². The number of benzene rings is 2. The summed E-state index contributed by atoms with van der Waals surface area (Å²) in [4.78, 5) is 0. The Bertz CT molecular complexity index is 782. The third kappa shape index (κ3) is 3.20. The molecule has 0 bridgehead atoms. The van der Waals surface area contributed by atoms with Crippen LogP contribution < -0.4 is 0 Å². The average Bonchev–Trinajstić information content (AvgIpc) is 2.87. The smallest absolute Gasteiger partial charge is 0.00575 e. The van der Waals surface area contributed by atoms with Gasteiger partial charge >= 0.3 is 0 Å². The zero-order valence-corrected chi connectivity index (χ0v) is 16.0. The van der Waals surface area contributed by atoms with Crippen LogP contribution in [-0.2, 0) is 11.8 Å². The van der Waals surface area contributed by atoms with Gasteiger partial charge in [-0.2, -0.15) is 0 Å². The second-order valence-electron chi connectivity index (χ2n) is 8.70. The molecule has 2 aromatic rings. The van der Waals surface area contributed by atoms with Crippen LogP contribution >= 0.6 is 0 Å². The van der Waals surface area contributed by atoms with Gasteiger partial charge in [0.15, 0.2) is 0 Å². The second kappa shape index (κ2) is 6.24. The van der Waals surface area contributed by atoms with Crippen LogP contribution in [0.4, 0.5) is 0 Å². The van der Waals surface area contributed by atoms with Gasteiger partial charge in [-0.1, -0.05) is 82.7 Å². The summed E-state index contributed by atoms with van der Waals surface area (Å²) in [6, 6.07) is 13.6. The third-order valence-electron chi connectivity index (χ3n) is 4.99. The van der Waals surface area contributed by atoms with E-state index >= 15 is 0 Å². The first-order chi connectivity index (χ1) is 11.3. The van der Waals surface area contributed by atoms with Crippen molar-refractivity contribution >= 4 is 6.08 Å². The lowest BCUT2D eigenvalue weighted by Gasteiger charge is -2.26. The standard InChI is InChI=1S/C24H30/c1-16(2)13-18-14-19-11-12-22(24(4,5)6)23(21(19)15-18)20-10-8-7-9-17(20)3/h7-12,15-16H,13-14H2,1-6H3. The molecular weight excluding hydrogens is 288 g/mol. The van der Waals surface area contributed by atoms with Crippen molar-refractivity contribution in [3.8, 4) is 11.1 Å². The summed E-state index contributed by atoms with van der Waals surface area (Å²) in [7, 11) is 0. The van der Waals surface area contributed by atoms with Gasteiger partial charge in [0.1, 0.15) is 0 Å². The summed E-state index contributed by atoms with van der Waals surface area (Å²) in [5.41, 5.74) is 10.4. The Kier molecular flexibility index (Phi) is 4.42. The lowest BCUT2D eigenvalue weighted by Crippen LogP contribution is -2.14. The molecular formula is C24H30. The SMILES string of the molecule is Cc1ccccc1-c1c(C(C)(C)C)ccc2c1C=C(CC(C)C)C2. The highest BCUT2D eigenvalue weighted by Gasteiger charge is 2.25. The van der Waals surface area contributed by atoms with Gasteiger partial charge in [0.25, 0.3) is 0 Å². The molecule has 0 N–H and O–H groups in total. The molecule has 0 unspecified atom stereocenters. The number of rotatable bonds is 3. The number of hydrogen-bond acceptors (Lipinski definition) is 0. The summed E-state index contributed by atoms with van der Waals surface area (Å²) in [6.45, 7) is 13.8. The lowest BCUT2D eigenvalue weighted by molar-refractivity contribution is 0.591. The van der Waals surface area contributed by atoms with Crippen LogP contribution in [-0.4, -0.2) is 0 Å². The molecule has 0 heteroatoms. The molecule has 3 rings (SSSR count). The molecule has 126 valence electrons. The fourth-order valence-corrected chi connectivity index (χ4v) is 3.91. The number of hydrogen-bond donors (Lipinski definition) is 0. The largest absolute Gasteiger partial charge is 0.0649 e. The maximum Gasteiger partial charge on any atom is -0.00575 e. The molecule has 24 heavy (non-hydrogen) atoms.